The highest BCUT2D eigenvalue weighted by Crippen LogP contribution is 2.22. The first-order valence-corrected chi connectivity index (χ1v) is 8.90. The van der Waals surface area contributed by atoms with E-state index in [1.54, 1.807) is 13.8 Å². The molecule has 7 nitrogen and oxygen atoms in total. The first-order valence-electron chi connectivity index (χ1n) is 7.29. The molecule has 21 heavy (non-hydrogen) atoms. The van der Waals surface area contributed by atoms with Gasteiger partial charge in [-0.2, -0.15) is 4.31 Å². The van der Waals surface area contributed by atoms with Gasteiger partial charge in [0.1, 0.15) is 6.04 Å². The van der Waals surface area contributed by atoms with Gasteiger partial charge >= 0.3 is 5.97 Å². The number of aliphatic carboxylic acids is 1. The molecule has 8 heteroatoms. The van der Waals surface area contributed by atoms with Crippen molar-refractivity contribution in [2.45, 2.75) is 45.6 Å². The number of sulfonamides is 1. The third kappa shape index (κ3) is 4.96. The van der Waals surface area contributed by atoms with Crippen LogP contribution in [0.15, 0.2) is 0 Å². The van der Waals surface area contributed by atoms with Gasteiger partial charge in [-0.1, -0.05) is 13.8 Å². The monoisotopic (exact) mass is 320 g/mol. The van der Waals surface area contributed by atoms with Crippen molar-refractivity contribution < 1.29 is 23.1 Å². The van der Waals surface area contributed by atoms with Crippen molar-refractivity contribution in [2.75, 3.05) is 18.8 Å². The van der Waals surface area contributed by atoms with Crippen LogP contribution in [-0.2, 0) is 19.6 Å². The second-order valence-corrected chi connectivity index (χ2v) is 7.44. The molecule has 1 heterocycles. The second-order valence-electron chi connectivity index (χ2n) is 5.40. The maximum Gasteiger partial charge on any atom is 0.306 e. The van der Waals surface area contributed by atoms with E-state index in [1.165, 1.54) is 4.31 Å². The van der Waals surface area contributed by atoms with Crippen LogP contribution >= 0.6 is 0 Å². The maximum absolute atomic E-state index is 12.1. The molecule has 1 amide bonds. The van der Waals surface area contributed by atoms with E-state index in [4.69, 9.17) is 5.11 Å². The van der Waals surface area contributed by atoms with E-state index in [2.05, 4.69) is 5.32 Å². The average Bonchev–Trinajstić information content (AvgIpc) is 2.88. The van der Waals surface area contributed by atoms with Crippen LogP contribution in [0.5, 0.6) is 0 Å². The molecule has 0 radical (unpaired) electrons. The van der Waals surface area contributed by atoms with Crippen LogP contribution in [0, 0.1) is 5.92 Å². The van der Waals surface area contributed by atoms with Gasteiger partial charge < -0.3 is 10.4 Å². The molecule has 1 rings (SSSR count). The molecule has 1 saturated heterocycles. The molecule has 1 aliphatic rings. The molecule has 0 aromatic rings. The number of carbonyl (C=O) groups excluding carboxylic acids is 1. The normalized spacial score (nSPS) is 21.1. The molecular weight excluding hydrogens is 296 g/mol. The van der Waals surface area contributed by atoms with E-state index >= 15 is 0 Å². The van der Waals surface area contributed by atoms with Gasteiger partial charge in [-0.15, -0.1) is 0 Å². The van der Waals surface area contributed by atoms with Gasteiger partial charge in [0.15, 0.2) is 0 Å². The summed E-state index contributed by atoms with van der Waals surface area (Å²) in [4.78, 5) is 22.8. The Bertz CT molecular complexity index is 477. The minimum absolute atomic E-state index is 0.0484. The second kappa shape index (κ2) is 7.74. The van der Waals surface area contributed by atoms with Crippen molar-refractivity contribution in [1.82, 2.24) is 9.62 Å². The quantitative estimate of drug-likeness (QED) is 0.674. The van der Waals surface area contributed by atoms with E-state index in [9.17, 15) is 18.0 Å². The highest BCUT2D eigenvalue weighted by molar-refractivity contribution is 7.89. The summed E-state index contributed by atoms with van der Waals surface area (Å²) in [5.41, 5.74) is 0. The topological polar surface area (TPSA) is 104 Å². The summed E-state index contributed by atoms with van der Waals surface area (Å²) in [5, 5.41) is 11.4. The smallest absolute Gasteiger partial charge is 0.306 e. The maximum atomic E-state index is 12.1. The van der Waals surface area contributed by atoms with Gasteiger partial charge in [-0.25, -0.2) is 8.42 Å². The van der Waals surface area contributed by atoms with E-state index in [1.807, 2.05) is 0 Å². The summed E-state index contributed by atoms with van der Waals surface area (Å²) in [6.07, 6.45) is 2.04. The lowest BCUT2D eigenvalue weighted by Crippen LogP contribution is -2.46. The third-order valence-electron chi connectivity index (χ3n) is 3.62. The summed E-state index contributed by atoms with van der Waals surface area (Å²) in [6, 6.07) is -0.651. The number of nitrogens with one attached hydrogen (secondary N) is 1. The largest absolute Gasteiger partial charge is 0.481 e. The van der Waals surface area contributed by atoms with Crippen LogP contribution in [0.4, 0.5) is 0 Å². The van der Waals surface area contributed by atoms with Crippen LogP contribution < -0.4 is 5.32 Å². The van der Waals surface area contributed by atoms with Gasteiger partial charge in [0.25, 0.3) is 0 Å². The zero-order chi connectivity index (χ0) is 16.0. The van der Waals surface area contributed by atoms with Crippen molar-refractivity contribution in [3.63, 3.8) is 0 Å². The SMILES string of the molecule is CCCS(=O)(=O)N1CCCC1C(=O)NCCC(C)C(=O)O. The first-order chi connectivity index (χ1) is 9.79. The lowest BCUT2D eigenvalue weighted by Gasteiger charge is -2.23. The van der Waals surface area contributed by atoms with Crippen LogP contribution in [-0.4, -0.2) is 54.6 Å². The van der Waals surface area contributed by atoms with E-state index in [0.717, 1.165) is 0 Å². The molecule has 0 aromatic heterocycles. The zero-order valence-electron chi connectivity index (χ0n) is 12.5. The number of carbonyl (C=O) groups is 2. The van der Waals surface area contributed by atoms with Gasteiger partial charge in [0.2, 0.25) is 15.9 Å². The highest BCUT2D eigenvalue weighted by atomic mass is 32.2. The minimum atomic E-state index is -3.38. The lowest BCUT2D eigenvalue weighted by molar-refractivity contribution is -0.141. The van der Waals surface area contributed by atoms with Crippen molar-refractivity contribution in [3.8, 4) is 0 Å². The molecular formula is C13H24N2O5S. The zero-order valence-corrected chi connectivity index (χ0v) is 13.4. The summed E-state index contributed by atoms with van der Waals surface area (Å²) >= 11 is 0. The Balaban J connectivity index is 2.55. The van der Waals surface area contributed by atoms with Gasteiger partial charge in [0, 0.05) is 13.1 Å². The lowest BCUT2D eigenvalue weighted by atomic mass is 10.1. The van der Waals surface area contributed by atoms with Gasteiger partial charge in [-0.05, 0) is 25.7 Å². The summed E-state index contributed by atoms with van der Waals surface area (Å²) in [6.45, 7) is 3.98. The summed E-state index contributed by atoms with van der Waals surface area (Å²) < 4.78 is 25.5. The van der Waals surface area contributed by atoms with Gasteiger partial charge in [-0.3, -0.25) is 9.59 Å². The molecule has 2 N–H and O–H groups in total. The predicted octanol–water partition coefficient (Wildman–Crippen LogP) is 0.418. The average molecular weight is 320 g/mol. The Morgan fingerprint density at radius 3 is 2.67 bits per heavy atom. The van der Waals surface area contributed by atoms with Crippen LogP contribution in [0.1, 0.15) is 39.5 Å². The number of nitrogens with zero attached hydrogens (tertiary/aromatic N) is 1. The molecule has 0 bridgehead atoms. The summed E-state index contributed by atoms with van der Waals surface area (Å²) in [7, 11) is -3.38. The molecule has 0 aromatic carbocycles. The van der Waals surface area contributed by atoms with Crippen LogP contribution in [0.25, 0.3) is 0 Å². The number of hydrogen-bond donors (Lipinski definition) is 2. The third-order valence-corrected chi connectivity index (χ3v) is 5.70. The Morgan fingerprint density at radius 2 is 2.10 bits per heavy atom. The number of amides is 1. The van der Waals surface area contributed by atoms with E-state index in [0.29, 0.717) is 32.2 Å². The molecule has 0 spiro atoms. The molecule has 1 fully saturated rings. The highest BCUT2D eigenvalue weighted by Gasteiger charge is 2.37. The number of rotatable bonds is 8. The summed E-state index contributed by atoms with van der Waals surface area (Å²) in [5.74, 6) is -1.72. The van der Waals surface area contributed by atoms with E-state index in [-0.39, 0.29) is 18.2 Å². The van der Waals surface area contributed by atoms with Crippen LogP contribution in [0.2, 0.25) is 0 Å². The molecule has 2 atom stereocenters. The van der Waals surface area contributed by atoms with Crippen molar-refractivity contribution >= 4 is 21.9 Å². The molecule has 0 saturated carbocycles. The molecule has 0 aliphatic carbocycles. The molecule has 2 unspecified atom stereocenters. The Labute approximate surface area is 125 Å². The van der Waals surface area contributed by atoms with Crippen molar-refractivity contribution in [3.05, 3.63) is 0 Å². The molecule has 122 valence electrons. The fraction of sp³-hybridized carbons (Fsp3) is 0.846. The minimum Gasteiger partial charge on any atom is -0.481 e. The number of hydrogen-bond acceptors (Lipinski definition) is 4. The first kappa shape index (κ1) is 17.9. The number of carboxylic acids is 1. The predicted molar refractivity (Wildman–Crippen MR) is 78.2 cm³/mol. The number of carboxylic acid groups (broad SMARTS) is 1. The fourth-order valence-electron chi connectivity index (χ4n) is 2.36. The Hall–Kier alpha value is -1.15. The van der Waals surface area contributed by atoms with Crippen LogP contribution in [0.3, 0.4) is 0 Å². The fourth-order valence-corrected chi connectivity index (χ4v) is 4.11. The van der Waals surface area contributed by atoms with Gasteiger partial charge in [0.05, 0.1) is 11.7 Å². The standard InChI is InChI=1S/C13H24N2O5S/c1-3-9-21(19,20)15-8-4-5-11(15)12(16)14-7-6-10(2)13(17)18/h10-11H,3-9H2,1-2H3,(H,14,16)(H,17,18). The Morgan fingerprint density at radius 1 is 1.43 bits per heavy atom. The van der Waals surface area contributed by atoms with Crippen molar-refractivity contribution in [2.24, 2.45) is 5.92 Å². The Kier molecular flexibility index (Phi) is 6.60. The van der Waals surface area contributed by atoms with E-state index < -0.39 is 28.0 Å². The van der Waals surface area contributed by atoms with Crippen molar-refractivity contribution in [1.29, 1.82) is 0 Å². The molecule has 1 aliphatic heterocycles.